The summed E-state index contributed by atoms with van der Waals surface area (Å²) in [5, 5.41) is 27.4. The van der Waals surface area contributed by atoms with E-state index in [0.29, 0.717) is 36.1 Å². The molecule has 3 aromatic rings. The Hall–Kier alpha value is -3.56. The number of aryl methyl sites for hydroxylation is 1. The van der Waals surface area contributed by atoms with E-state index in [1.54, 1.807) is 24.4 Å². The topological polar surface area (TPSA) is 123 Å². The first-order chi connectivity index (χ1) is 13.7. The molecule has 0 fully saturated rings. The Kier molecular flexibility index (Phi) is 6.45. The second kappa shape index (κ2) is 9.40. The molecule has 3 aromatic heterocycles. The second-order valence-electron chi connectivity index (χ2n) is 5.80. The fourth-order valence-corrected chi connectivity index (χ4v) is 3.37. The van der Waals surface area contributed by atoms with E-state index in [-0.39, 0.29) is 0 Å². The molecule has 0 aromatic carbocycles. The Morgan fingerprint density at radius 1 is 1.11 bits per heavy atom. The third-order valence-corrected chi connectivity index (χ3v) is 4.85. The van der Waals surface area contributed by atoms with E-state index < -0.39 is 5.92 Å². The fourth-order valence-electron chi connectivity index (χ4n) is 2.41. The third-order valence-electron chi connectivity index (χ3n) is 3.89. The maximum absolute atomic E-state index is 9.58. The molecular weight excluding hydrogens is 372 g/mol. The molecular formula is C19H18N8S. The zero-order valence-corrected chi connectivity index (χ0v) is 16.1. The van der Waals surface area contributed by atoms with Crippen LogP contribution in [0.3, 0.4) is 0 Å². The van der Waals surface area contributed by atoms with Crippen LogP contribution < -0.4 is 10.6 Å². The highest BCUT2D eigenvalue weighted by atomic mass is 32.1. The lowest BCUT2D eigenvalue weighted by Crippen LogP contribution is -2.16. The molecule has 0 aliphatic heterocycles. The van der Waals surface area contributed by atoms with Gasteiger partial charge >= 0.3 is 0 Å². The molecule has 0 amide bonds. The number of aromatic nitrogens is 4. The number of thiazole rings is 1. The Bertz CT molecular complexity index is 1000. The van der Waals surface area contributed by atoms with Gasteiger partial charge in [-0.15, -0.1) is 11.3 Å². The van der Waals surface area contributed by atoms with E-state index in [0.717, 1.165) is 17.1 Å². The molecule has 8 nitrogen and oxygen atoms in total. The molecule has 3 heterocycles. The van der Waals surface area contributed by atoms with Crippen LogP contribution in [0.15, 0.2) is 36.0 Å². The summed E-state index contributed by atoms with van der Waals surface area (Å²) in [5.74, 6) is 0.643. The average molecular weight is 390 g/mol. The van der Waals surface area contributed by atoms with Gasteiger partial charge in [-0.25, -0.2) is 19.9 Å². The number of nitrogens with one attached hydrogen (secondary N) is 2. The zero-order chi connectivity index (χ0) is 19.8. The fraction of sp³-hybridized carbons (Fsp3) is 0.263. The van der Waals surface area contributed by atoms with Gasteiger partial charge in [0.25, 0.3) is 0 Å². The van der Waals surface area contributed by atoms with Crippen molar-refractivity contribution in [2.24, 2.45) is 0 Å². The molecule has 1 unspecified atom stereocenters. The number of pyridine rings is 1. The molecule has 9 heteroatoms. The van der Waals surface area contributed by atoms with E-state index >= 15 is 0 Å². The highest BCUT2D eigenvalue weighted by Crippen LogP contribution is 2.26. The SMILES string of the molecule is CCc1csc(C(C#N)c2ccnc(NCCNc3ccc(C#N)cn3)n2)n1. The normalized spacial score (nSPS) is 11.2. The average Bonchev–Trinajstić information content (AvgIpc) is 3.21. The van der Waals surface area contributed by atoms with Crippen molar-refractivity contribution in [3.05, 3.63) is 57.9 Å². The summed E-state index contributed by atoms with van der Waals surface area (Å²) in [7, 11) is 0. The van der Waals surface area contributed by atoms with Gasteiger partial charge in [0, 0.05) is 30.9 Å². The largest absolute Gasteiger partial charge is 0.368 e. The van der Waals surface area contributed by atoms with Gasteiger partial charge in [-0.05, 0) is 24.6 Å². The summed E-state index contributed by atoms with van der Waals surface area (Å²) in [6, 6.07) is 9.52. The minimum atomic E-state index is -0.505. The first-order valence-electron chi connectivity index (χ1n) is 8.74. The Balaban J connectivity index is 1.58. The number of anilines is 2. The number of nitrogens with zero attached hydrogens (tertiary/aromatic N) is 6. The minimum absolute atomic E-state index is 0.458. The lowest BCUT2D eigenvalue weighted by atomic mass is 10.1. The van der Waals surface area contributed by atoms with Gasteiger partial charge in [-0.1, -0.05) is 6.92 Å². The maximum atomic E-state index is 9.58. The van der Waals surface area contributed by atoms with Crippen LogP contribution in [0.25, 0.3) is 0 Å². The molecule has 28 heavy (non-hydrogen) atoms. The van der Waals surface area contributed by atoms with E-state index in [1.165, 1.54) is 17.5 Å². The van der Waals surface area contributed by atoms with Gasteiger partial charge in [-0.2, -0.15) is 10.5 Å². The molecule has 3 rings (SSSR count). The summed E-state index contributed by atoms with van der Waals surface area (Å²) >= 11 is 1.48. The molecule has 0 aliphatic rings. The standard InChI is InChI=1S/C19H18N8S/c1-2-14-12-28-18(26-14)15(10-21)16-5-6-23-19(27-16)24-8-7-22-17-4-3-13(9-20)11-25-17/h3-6,11-12,15H,2,7-8H2,1H3,(H,22,25)(H,23,24,27). The van der Waals surface area contributed by atoms with Crippen molar-refractivity contribution in [2.75, 3.05) is 23.7 Å². The minimum Gasteiger partial charge on any atom is -0.368 e. The van der Waals surface area contributed by atoms with Gasteiger partial charge in [0.1, 0.15) is 22.8 Å². The first kappa shape index (κ1) is 19.2. The second-order valence-corrected chi connectivity index (χ2v) is 6.69. The lowest BCUT2D eigenvalue weighted by Gasteiger charge is -2.09. The van der Waals surface area contributed by atoms with Crippen LogP contribution in [0, 0.1) is 22.7 Å². The highest BCUT2D eigenvalue weighted by Gasteiger charge is 2.19. The number of rotatable bonds is 8. The van der Waals surface area contributed by atoms with Crippen LogP contribution in [0.2, 0.25) is 0 Å². The summed E-state index contributed by atoms with van der Waals surface area (Å²) in [5.41, 5.74) is 2.13. The van der Waals surface area contributed by atoms with Gasteiger partial charge < -0.3 is 10.6 Å². The molecule has 0 saturated heterocycles. The van der Waals surface area contributed by atoms with Crippen LogP contribution in [-0.4, -0.2) is 33.0 Å². The van der Waals surface area contributed by atoms with Crippen molar-refractivity contribution in [2.45, 2.75) is 19.3 Å². The van der Waals surface area contributed by atoms with Gasteiger partial charge in [0.05, 0.1) is 23.0 Å². The van der Waals surface area contributed by atoms with Gasteiger partial charge in [0.15, 0.2) is 0 Å². The summed E-state index contributed by atoms with van der Waals surface area (Å²) in [6.07, 6.45) is 4.00. The predicted molar refractivity (Wildman–Crippen MR) is 107 cm³/mol. The first-order valence-corrected chi connectivity index (χ1v) is 9.62. The molecule has 0 bridgehead atoms. The van der Waals surface area contributed by atoms with Crippen LogP contribution in [0.4, 0.5) is 11.8 Å². The Labute approximate surface area is 167 Å². The highest BCUT2D eigenvalue weighted by molar-refractivity contribution is 7.09. The molecule has 0 aliphatic carbocycles. The van der Waals surface area contributed by atoms with Crippen LogP contribution in [0.5, 0.6) is 0 Å². The third kappa shape index (κ3) is 4.78. The number of nitriles is 2. The maximum Gasteiger partial charge on any atom is 0.222 e. The molecule has 0 radical (unpaired) electrons. The summed E-state index contributed by atoms with van der Waals surface area (Å²) < 4.78 is 0. The van der Waals surface area contributed by atoms with Crippen molar-refractivity contribution < 1.29 is 0 Å². The Morgan fingerprint density at radius 3 is 2.64 bits per heavy atom. The van der Waals surface area contributed by atoms with E-state index in [1.807, 2.05) is 18.4 Å². The summed E-state index contributed by atoms with van der Waals surface area (Å²) in [4.78, 5) is 17.3. The zero-order valence-electron chi connectivity index (χ0n) is 15.3. The molecule has 0 spiro atoms. The quantitative estimate of drug-likeness (QED) is 0.563. The van der Waals surface area contributed by atoms with Crippen molar-refractivity contribution in [1.82, 2.24) is 19.9 Å². The van der Waals surface area contributed by atoms with Crippen molar-refractivity contribution in [3.8, 4) is 12.1 Å². The van der Waals surface area contributed by atoms with E-state index in [4.69, 9.17) is 5.26 Å². The van der Waals surface area contributed by atoms with Crippen LogP contribution in [0.1, 0.15) is 34.8 Å². The number of hydrogen-bond donors (Lipinski definition) is 2. The summed E-state index contributed by atoms with van der Waals surface area (Å²) in [6.45, 7) is 3.20. The monoisotopic (exact) mass is 390 g/mol. The van der Waals surface area contributed by atoms with Crippen LogP contribution in [-0.2, 0) is 6.42 Å². The predicted octanol–water partition coefficient (Wildman–Crippen LogP) is 2.94. The smallest absolute Gasteiger partial charge is 0.222 e. The van der Waals surface area contributed by atoms with Crippen LogP contribution >= 0.6 is 11.3 Å². The van der Waals surface area contributed by atoms with Gasteiger partial charge in [-0.3, -0.25) is 0 Å². The van der Waals surface area contributed by atoms with Gasteiger partial charge in [0.2, 0.25) is 5.95 Å². The molecule has 140 valence electrons. The van der Waals surface area contributed by atoms with Crippen molar-refractivity contribution in [3.63, 3.8) is 0 Å². The number of hydrogen-bond acceptors (Lipinski definition) is 9. The van der Waals surface area contributed by atoms with E-state index in [9.17, 15) is 5.26 Å². The molecule has 0 saturated carbocycles. The van der Waals surface area contributed by atoms with E-state index in [2.05, 4.69) is 36.6 Å². The Morgan fingerprint density at radius 2 is 1.96 bits per heavy atom. The van der Waals surface area contributed by atoms with Crippen molar-refractivity contribution >= 4 is 23.1 Å². The lowest BCUT2D eigenvalue weighted by molar-refractivity contribution is 0.906. The molecule has 2 N–H and O–H groups in total. The van der Waals surface area contributed by atoms with Crippen molar-refractivity contribution in [1.29, 1.82) is 10.5 Å². The molecule has 1 atom stereocenters.